The van der Waals surface area contributed by atoms with Crippen LogP contribution in [0.1, 0.15) is 27.2 Å². The Morgan fingerprint density at radius 3 is 2.58 bits per heavy atom. The maximum Gasteiger partial charge on any atom is 0.0341 e. The van der Waals surface area contributed by atoms with Gasteiger partial charge in [0.2, 0.25) is 0 Å². The molecule has 1 nitrogen and oxygen atoms in total. The maximum atomic E-state index is 5.80. The summed E-state index contributed by atoms with van der Waals surface area (Å²) in [4.78, 5) is 2.41. The van der Waals surface area contributed by atoms with Gasteiger partial charge in [-0.05, 0) is 26.2 Å². The fourth-order valence-electron chi connectivity index (χ4n) is 2.16. The number of nitrogens with zero attached hydrogens (tertiary/aromatic N) is 1. The van der Waals surface area contributed by atoms with Gasteiger partial charge >= 0.3 is 0 Å². The van der Waals surface area contributed by atoms with Gasteiger partial charge in [-0.2, -0.15) is 0 Å². The molecule has 2 heteroatoms. The van der Waals surface area contributed by atoms with Gasteiger partial charge in [-0.15, -0.1) is 0 Å². The van der Waals surface area contributed by atoms with Crippen molar-refractivity contribution in [3.63, 3.8) is 0 Å². The van der Waals surface area contributed by atoms with Gasteiger partial charge in [0, 0.05) is 23.7 Å². The van der Waals surface area contributed by atoms with Crippen molar-refractivity contribution in [2.75, 3.05) is 13.1 Å². The van der Waals surface area contributed by atoms with Gasteiger partial charge in [0.25, 0.3) is 0 Å². The van der Waals surface area contributed by atoms with Crippen molar-refractivity contribution in [3.8, 4) is 0 Å². The standard InChI is InChI=1S/C10H18ClN/c1-8-5-10(3,4)12(6-8)7-9(2)11/h8H,2,5-7H2,1,3-4H3. The van der Waals surface area contributed by atoms with Crippen LogP contribution in [-0.2, 0) is 0 Å². The van der Waals surface area contributed by atoms with Crippen LogP contribution in [0.5, 0.6) is 0 Å². The highest BCUT2D eigenvalue weighted by molar-refractivity contribution is 6.29. The molecule has 1 unspecified atom stereocenters. The first-order chi connectivity index (χ1) is 5.42. The molecule has 0 saturated carbocycles. The number of hydrogen-bond donors (Lipinski definition) is 0. The normalized spacial score (nSPS) is 29.2. The lowest BCUT2D eigenvalue weighted by Gasteiger charge is -2.30. The first kappa shape index (κ1) is 10.1. The Bertz CT molecular complexity index is 186. The highest BCUT2D eigenvalue weighted by atomic mass is 35.5. The van der Waals surface area contributed by atoms with Crippen LogP contribution in [0.25, 0.3) is 0 Å². The third-order valence-electron chi connectivity index (χ3n) is 2.60. The molecule has 0 aromatic rings. The summed E-state index contributed by atoms with van der Waals surface area (Å²) in [5, 5.41) is 0.747. The van der Waals surface area contributed by atoms with Crippen molar-refractivity contribution in [2.45, 2.75) is 32.7 Å². The Labute approximate surface area is 80.4 Å². The third-order valence-corrected chi connectivity index (χ3v) is 2.72. The van der Waals surface area contributed by atoms with Crippen molar-refractivity contribution in [2.24, 2.45) is 5.92 Å². The molecule has 0 amide bonds. The second-order valence-electron chi connectivity index (χ2n) is 4.52. The molecule has 0 aliphatic carbocycles. The minimum atomic E-state index is 0.303. The summed E-state index contributed by atoms with van der Waals surface area (Å²) in [6, 6.07) is 0. The van der Waals surface area contributed by atoms with E-state index in [2.05, 4.69) is 32.3 Å². The van der Waals surface area contributed by atoms with Gasteiger partial charge in [0.15, 0.2) is 0 Å². The Kier molecular flexibility index (Phi) is 2.84. The van der Waals surface area contributed by atoms with E-state index in [0.29, 0.717) is 5.54 Å². The average Bonchev–Trinajstić information content (AvgIpc) is 2.04. The first-order valence-corrected chi connectivity index (χ1v) is 4.88. The van der Waals surface area contributed by atoms with Gasteiger partial charge in [0.1, 0.15) is 0 Å². The van der Waals surface area contributed by atoms with Crippen LogP contribution < -0.4 is 0 Å². The molecule has 0 aromatic heterocycles. The summed E-state index contributed by atoms with van der Waals surface area (Å²) in [6.07, 6.45) is 1.26. The lowest BCUT2D eigenvalue weighted by molar-refractivity contribution is 0.193. The molecule has 0 bridgehead atoms. The zero-order valence-corrected chi connectivity index (χ0v) is 8.99. The van der Waals surface area contributed by atoms with Crippen LogP contribution >= 0.6 is 11.6 Å². The van der Waals surface area contributed by atoms with E-state index in [1.165, 1.54) is 6.42 Å². The zero-order chi connectivity index (χ0) is 9.35. The minimum Gasteiger partial charge on any atom is -0.293 e. The van der Waals surface area contributed by atoms with E-state index in [9.17, 15) is 0 Å². The molecule has 1 rings (SSSR count). The van der Waals surface area contributed by atoms with Crippen molar-refractivity contribution < 1.29 is 0 Å². The Morgan fingerprint density at radius 1 is 1.67 bits per heavy atom. The number of rotatable bonds is 2. The van der Waals surface area contributed by atoms with Crippen molar-refractivity contribution in [3.05, 3.63) is 11.6 Å². The molecule has 0 spiro atoms. The second-order valence-corrected chi connectivity index (χ2v) is 5.05. The van der Waals surface area contributed by atoms with Crippen LogP contribution in [0.15, 0.2) is 11.6 Å². The van der Waals surface area contributed by atoms with Crippen molar-refractivity contribution >= 4 is 11.6 Å². The van der Waals surface area contributed by atoms with E-state index in [0.717, 1.165) is 24.0 Å². The lowest BCUT2D eigenvalue weighted by Crippen LogP contribution is -2.38. The quantitative estimate of drug-likeness (QED) is 0.643. The highest BCUT2D eigenvalue weighted by Crippen LogP contribution is 2.32. The SMILES string of the molecule is C=C(Cl)CN1CC(C)CC1(C)C. The summed E-state index contributed by atoms with van der Waals surface area (Å²) in [7, 11) is 0. The van der Waals surface area contributed by atoms with E-state index in [-0.39, 0.29) is 0 Å². The molecule has 1 aliphatic heterocycles. The van der Waals surface area contributed by atoms with Crippen LogP contribution in [0.4, 0.5) is 0 Å². The molecule has 0 radical (unpaired) electrons. The number of hydrogen-bond acceptors (Lipinski definition) is 1. The molecule has 1 fully saturated rings. The largest absolute Gasteiger partial charge is 0.293 e. The lowest BCUT2D eigenvalue weighted by atomic mass is 9.98. The summed E-state index contributed by atoms with van der Waals surface area (Å²) in [5.74, 6) is 0.788. The van der Waals surface area contributed by atoms with Crippen molar-refractivity contribution in [1.29, 1.82) is 0 Å². The van der Waals surface area contributed by atoms with E-state index >= 15 is 0 Å². The number of likely N-dealkylation sites (tertiary alicyclic amines) is 1. The predicted molar refractivity (Wildman–Crippen MR) is 54.4 cm³/mol. The Balaban J connectivity index is 2.59. The van der Waals surface area contributed by atoms with Gasteiger partial charge in [0.05, 0.1) is 0 Å². The fraction of sp³-hybridized carbons (Fsp3) is 0.800. The number of halogens is 1. The van der Waals surface area contributed by atoms with Gasteiger partial charge < -0.3 is 0 Å². The van der Waals surface area contributed by atoms with E-state index in [4.69, 9.17) is 11.6 Å². The smallest absolute Gasteiger partial charge is 0.0341 e. The van der Waals surface area contributed by atoms with Crippen LogP contribution in [0.2, 0.25) is 0 Å². The third kappa shape index (κ3) is 2.24. The van der Waals surface area contributed by atoms with Gasteiger partial charge in [-0.25, -0.2) is 0 Å². The van der Waals surface area contributed by atoms with Crippen LogP contribution in [-0.4, -0.2) is 23.5 Å². The molecular weight excluding hydrogens is 170 g/mol. The average molecular weight is 188 g/mol. The zero-order valence-electron chi connectivity index (χ0n) is 8.23. The molecule has 0 N–H and O–H groups in total. The second kappa shape index (κ2) is 3.39. The molecular formula is C10H18ClN. The van der Waals surface area contributed by atoms with Gasteiger partial charge in [-0.1, -0.05) is 25.1 Å². The summed E-state index contributed by atoms with van der Waals surface area (Å²) in [6.45, 7) is 12.6. The summed E-state index contributed by atoms with van der Waals surface area (Å²) in [5.41, 5.74) is 0.303. The monoisotopic (exact) mass is 187 g/mol. The van der Waals surface area contributed by atoms with Crippen molar-refractivity contribution in [1.82, 2.24) is 4.90 Å². The van der Waals surface area contributed by atoms with Crippen LogP contribution in [0.3, 0.4) is 0 Å². The summed E-state index contributed by atoms with van der Waals surface area (Å²) < 4.78 is 0. The minimum absolute atomic E-state index is 0.303. The van der Waals surface area contributed by atoms with E-state index in [1.54, 1.807) is 0 Å². The Morgan fingerprint density at radius 2 is 2.25 bits per heavy atom. The highest BCUT2D eigenvalue weighted by Gasteiger charge is 2.35. The molecule has 1 atom stereocenters. The summed E-state index contributed by atoms with van der Waals surface area (Å²) >= 11 is 5.80. The molecule has 12 heavy (non-hydrogen) atoms. The predicted octanol–water partition coefficient (Wildman–Crippen LogP) is 2.86. The Hall–Kier alpha value is -0.0100. The van der Waals surface area contributed by atoms with Gasteiger partial charge in [-0.3, -0.25) is 4.90 Å². The fourth-order valence-corrected chi connectivity index (χ4v) is 2.30. The maximum absolute atomic E-state index is 5.80. The molecule has 0 aromatic carbocycles. The molecule has 1 aliphatic rings. The molecule has 1 saturated heterocycles. The van der Waals surface area contributed by atoms with E-state index in [1.807, 2.05) is 0 Å². The topological polar surface area (TPSA) is 3.24 Å². The first-order valence-electron chi connectivity index (χ1n) is 4.50. The van der Waals surface area contributed by atoms with Crippen LogP contribution in [0, 0.1) is 5.92 Å². The molecule has 70 valence electrons. The van der Waals surface area contributed by atoms with E-state index < -0.39 is 0 Å². The molecule has 1 heterocycles.